The second-order valence-corrected chi connectivity index (χ2v) is 3.36. The van der Waals surface area contributed by atoms with Crippen molar-refractivity contribution in [2.75, 3.05) is 5.73 Å². The van der Waals surface area contributed by atoms with Crippen LogP contribution in [0.3, 0.4) is 0 Å². The van der Waals surface area contributed by atoms with Crippen LogP contribution in [0.15, 0.2) is 6.07 Å². The highest BCUT2D eigenvalue weighted by molar-refractivity contribution is 5.86. The monoisotopic (exact) mass is 209 g/mol. The highest BCUT2D eigenvalue weighted by atomic mass is 16.4. The number of aryl methyl sites for hydroxylation is 1. The maximum absolute atomic E-state index is 10.7. The average molecular weight is 209 g/mol. The molecule has 1 aromatic heterocycles. The summed E-state index contributed by atoms with van der Waals surface area (Å²) in [5.41, 5.74) is 5.45. The van der Waals surface area contributed by atoms with Crippen LogP contribution >= 0.6 is 0 Å². The molecular weight excluding hydrogens is 194 g/mol. The van der Waals surface area contributed by atoms with E-state index in [1.165, 1.54) is 6.07 Å². The highest BCUT2D eigenvalue weighted by Gasteiger charge is 2.08. The summed E-state index contributed by atoms with van der Waals surface area (Å²) in [6.45, 7) is 2.10. The quantitative estimate of drug-likeness (QED) is 0.717. The van der Waals surface area contributed by atoms with Crippen LogP contribution in [0.1, 0.15) is 42.5 Å². The van der Waals surface area contributed by atoms with Crippen LogP contribution in [-0.4, -0.2) is 21.0 Å². The molecule has 5 nitrogen and oxygen atoms in total. The molecule has 0 spiro atoms. The number of carboxylic acids is 1. The van der Waals surface area contributed by atoms with Gasteiger partial charge in [0, 0.05) is 12.5 Å². The third-order valence-electron chi connectivity index (χ3n) is 2.02. The third-order valence-corrected chi connectivity index (χ3v) is 2.02. The van der Waals surface area contributed by atoms with E-state index in [1.54, 1.807) is 0 Å². The van der Waals surface area contributed by atoms with Crippen molar-refractivity contribution in [1.82, 2.24) is 9.97 Å². The van der Waals surface area contributed by atoms with Gasteiger partial charge in [0.1, 0.15) is 11.6 Å². The van der Waals surface area contributed by atoms with E-state index in [-0.39, 0.29) is 11.5 Å². The third kappa shape index (κ3) is 3.53. The first-order valence-electron chi connectivity index (χ1n) is 5.00. The minimum atomic E-state index is -1.07. The second-order valence-electron chi connectivity index (χ2n) is 3.36. The molecule has 15 heavy (non-hydrogen) atoms. The number of nitrogens with zero attached hydrogens (tertiary/aromatic N) is 2. The molecule has 1 aromatic rings. The van der Waals surface area contributed by atoms with Gasteiger partial charge in [0.05, 0.1) is 0 Å². The van der Waals surface area contributed by atoms with Crippen LogP contribution < -0.4 is 5.73 Å². The number of hydrogen-bond donors (Lipinski definition) is 2. The molecule has 0 saturated carbocycles. The summed E-state index contributed by atoms with van der Waals surface area (Å²) >= 11 is 0. The first-order chi connectivity index (χ1) is 7.13. The molecule has 0 aliphatic rings. The molecule has 0 amide bonds. The minimum absolute atomic E-state index is 0.0333. The summed E-state index contributed by atoms with van der Waals surface area (Å²) in [6, 6.07) is 1.27. The van der Waals surface area contributed by atoms with Gasteiger partial charge < -0.3 is 10.8 Å². The molecule has 0 unspecified atom stereocenters. The summed E-state index contributed by atoms with van der Waals surface area (Å²) in [6.07, 6.45) is 3.83. The van der Waals surface area contributed by atoms with E-state index in [4.69, 9.17) is 10.8 Å². The number of nitrogens with two attached hydrogens (primary N) is 1. The molecule has 0 aliphatic heterocycles. The molecule has 3 N–H and O–H groups in total. The van der Waals surface area contributed by atoms with Gasteiger partial charge in [-0.2, -0.15) is 0 Å². The normalized spacial score (nSPS) is 10.2. The summed E-state index contributed by atoms with van der Waals surface area (Å²) in [4.78, 5) is 18.6. The molecule has 1 rings (SSSR count). The van der Waals surface area contributed by atoms with Crippen molar-refractivity contribution < 1.29 is 9.90 Å². The second kappa shape index (κ2) is 5.29. The largest absolute Gasteiger partial charge is 0.477 e. The molecule has 0 radical (unpaired) electrons. The number of hydrogen-bond acceptors (Lipinski definition) is 4. The Kier molecular flexibility index (Phi) is 4.03. The average Bonchev–Trinajstić information content (AvgIpc) is 2.17. The Morgan fingerprint density at radius 2 is 2.20 bits per heavy atom. The first kappa shape index (κ1) is 11.4. The number of carbonyl (C=O) groups is 1. The van der Waals surface area contributed by atoms with Crippen LogP contribution in [-0.2, 0) is 6.42 Å². The molecular formula is C10H15N3O2. The van der Waals surface area contributed by atoms with Crippen LogP contribution in [0.5, 0.6) is 0 Å². The predicted molar refractivity (Wildman–Crippen MR) is 56.6 cm³/mol. The highest BCUT2D eigenvalue weighted by Crippen LogP contribution is 2.07. The van der Waals surface area contributed by atoms with Gasteiger partial charge in [-0.25, -0.2) is 14.8 Å². The lowest BCUT2D eigenvalue weighted by Crippen LogP contribution is -2.07. The number of anilines is 1. The van der Waals surface area contributed by atoms with Gasteiger partial charge in [-0.15, -0.1) is 0 Å². The maximum atomic E-state index is 10.7. The van der Waals surface area contributed by atoms with Gasteiger partial charge in [-0.3, -0.25) is 0 Å². The Hall–Kier alpha value is -1.65. The molecule has 82 valence electrons. The van der Waals surface area contributed by atoms with E-state index < -0.39 is 5.97 Å². The van der Waals surface area contributed by atoms with E-state index >= 15 is 0 Å². The summed E-state index contributed by atoms with van der Waals surface area (Å²) in [7, 11) is 0. The van der Waals surface area contributed by atoms with Gasteiger partial charge >= 0.3 is 5.97 Å². The van der Waals surface area contributed by atoms with E-state index in [1.807, 2.05) is 0 Å². The number of aromatic nitrogens is 2. The van der Waals surface area contributed by atoms with Gasteiger partial charge in [-0.1, -0.05) is 19.8 Å². The Morgan fingerprint density at radius 3 is 2.80 bits per heavy atom. The van der Waals surface area contributed by atoms with Crippen LogP contribution in [0.25, 0.3) is 0 Å². The lowest BCUT2D eigenvalue weighted by Gasteiger charge is -2.02. The zero-order chi connectivity index (χ0) is 11.3. The fourth-order valence-corrected chi connectivity index (χ4v) is 1.27. The van der Waals surface area contributed by atoms with Gasteiger partial charge in [0.25, 0.3) is 0 Å². The van der Waals surface area contributed by atoms with E-state index in [0.717, 1.165) is 19.3 Å². The molecule has 0 saturated heterocycles. The Balaban J connectivity index is 2.75. The molecule has 0 aliphatic carbocycles. The van der Waals surface area contributed by atoms with Crippen molar-refractivity contribution in [3.63, 3.8) is 0 Å². The molecule has 1 heterocycles. The van der Waals surface area contributed by atoms with Crippen molar-refractivity contribution >= 4 is 11.8 Å². The molecule has 0 atom stereocenters. The predicted octanol–water partition coefficient (Wildman–Crippen LogP) is 1.49. The number of unbranched alkanes of at least 4 members (excludes halogenated alkanes) is 2. The lowest BCUT2D eigenvalue weighted by atomic mass is 10.2. The van der Waals surface area contributed by atoms with Crippen molar-refractivity contribution in [3.8, 4) is 0 Å². The van der Waals surface area contributed by atoms with Crippen LogP contribution in [0, 0.1) is 0 Å². The number of carboxylic acid groups (broad SMARTS) is 1. The molecule has 0 bridgehead atoms. The van der Waals surface area contributed by atoms with Gasteiger partial charge in [0.2, 0.25) is 0 Å². The van der Waals surface area contributed by atoms with Gasteiger partial charge in [-0.05, 0) is 6.42 Å². The van der Waals surface area contributed by atoms with E-state index in [0.29, 0.717) is 12.2 Å². The molecule has 0 fully saturated rings. The smallest absolute Gasteiger partial charge is 0.354 e. The zero-order valence-corrected chi connectivity index (χ0v) is 8.73. The zero-order valence-electron chi connectivity index (χ0n) is 8.73. The van der Waals surface area contributed by atoms with Crippen LogP contribution in [0.4, 0.5) is 5.82 Å². The van der Waals surface area contributed by atoms with Crippen molar-refractivity contribution in [2.24, 2.45) is 0 Å². The molecule has 0 aromatic carbocycles. The number of aromatic carboxylic acids is 1. The topological polar surface area (TPSA) is 89.1 Å². The minimum Gasteiger partial charge on any atom is -0.477 e. The fraction of sp³-hybridized carbons (Fsp3) is 0.500. The first-order valence-corrected chi connectivity index (χ1v) is 5.00. The Morgan fingerprint density at radius 1 is 1.47 bits per heavy atom. The number of rotatable bonds is 5. The molecule has 5 heteroatoms. The van der Waals surface area contributed by atoms with Gasteiger partial charge in [0.15, 0.2) is 5.69 Å². The Labute approximate surface area is 88.4 Å². The summed E-state index contributed by atoms with van der Waals surface area (Å²) in [5, 5.41) is 8.76. The maximum Gasteiger partial charge on any atom is 0.354 e. The van der Waals surface area contributed by atoms with E-state index in [2.05, 4.69) is 16.9 Å². The SMILES string of the molecule is CCCCCc1nc(N)cc(C(=O)O)n1. The summed E-state index contributed by atoms with van der Waals surface area (Å²) in [5.74, 6) is -0.337. The lowest BCUT2D eigenvalue weighted by molar-refractivity contribution is 0.0690. The van der Waals surface area contributed by atoms with Crippen molar-refractivity contribution in [3.05, 3.63) is 17.6 Å². The van der Waals surface area contributed by atoms with Crippen LogP contribution in [0.2, 0.25) is 0 Å². The standard InChI is InChI=1S/C10H15N3O2/c1-2-3-4-5-9-12-7(10(14)15)6-8(11)13-9/h6H,2-5H2,1H3,(H,14,15)(H2,11,12,13). The van der Waals surface area contributed by atoms with Crippen molar-refractivity contribution in [2.45, 2.75) is 32.6 Å². The number of nitrogen functional groups attached to an aromatic ring is 1. The fourth-order valence-electron chi connectivity index (χ4n) is 1.27. The Bertz CT molecular complexity index is 353. The summed E-state index contributed by atoms with van der Waals surface area (Å²) < 4.78 is 0. The van der Waals surface area contributed by atoms with Crippen molar-refractivity contribution in [1.29, 1.82) is 0 Å². The van der Waals surface area contributed by atoms with E-state index in [9.17, 15) is 4.79 Å².